The van der Waals surface area contributed by atoms with Gasteiger partial charge in [-0.25, -0.2) is 0 Å². The molecule has 30 heavy (non-hydrogen) atoms. The predicted octanol–water partition coefficient (Wildman–Crippen LogP) is 4.57. The highest BCUT2D eigenvalue weighted by atomic mass is 16.5. The van der Waals surface area contributed by atoms with Crippen molar-refractivity contribution in [3.8, 4) is 11.5 Å². The first-order chi connectivity index (χ1) is 14.4. The molecular formula is C24H30N2O4. The van der Waals surface area contributed by atoms with E-state index in [0.717, 1.165) is 18.4 Å². The van der Waals surface area contributed by atoms with Crippen LogP contribution in [-0.4, -0.2) is 25.5 Å². The third-order valence-electron chi connectivity index (χ3n) is 4.95. The third kappa shape index (κ3) is 5.75. The fraction of sp³-hybridized carbons (Fsp3) is 0.417. The molecule has 1 aliphatic carbocycles. The molecular weight excluding hydrogens is 380 g/mol. The first-order valence-corrected chi connectivity index (χ1v) is 10.4. The fourth-order valence-electron chi connectivity index (χ4n) is 3.02. The average molecular weight is 411 g/mol. The topological polar surface area (TPSA) is 76.7 Å². The van der Waals surface area contributed by atoms with E-state index >= 15 is 0 Å². The van der Waals surface area contributed by atoms with Gasteiger partial charge in [0.25, 0.3) is 5.91 Å². The maximum Gasteiger partial charge on any atom is 0.251 e. The highest BCUT2D eigenvalue weighted by molar-refractivity contribution is 5.98. The van der Waals surface area contributed by atoms with Gasteiger partial charge in [-0.2, -0.15) is 0 Å². The third-order valence-corrected chi connectivity index (χ3v) is 4.95. The number of rotatable bonds is 9. The molecule has 0 saturated heterocycles. The minimum absolute atomic E-state index is 0.0211. The Kier molecular flexibility index (Phi) is 6.98. The van der Waals surface area contributed by atoms with Crippen LogP contribution < -0.4 is 20.1 Å². The van der Waals surface area contributed by atoms with Crippen molar-refractivity contribution >= 4 is 17.5 Å². The van der Waals surface area contributed by atoms with Gasteiger partial charge < -0.3 is 20.1 Å². The molecule has 1 atom stereocenters. The van der Waals surface area contributed by atoms with Crippen LogP contribution in [0.4, 0.5) is 5.69 Å². The lowest BCUT2D eigenvalue weighted by Gasteiger charge is -2.18. The molecule has 3 rings (SSSR count). The first kappa shape index (κ1) is 21.7. The Labute approximate surface area is 178 Å². The largest absolute Gasteiger partial charge is 0.493 e. The molecule has 1 unspecified atom stereocenters. The van der Waals surface area contributed by atoms with Crippen molar-refractivity contribution < 1.29 is 19.1 Å². The quantitative estimate of drug-likeness (QED) is 0.635. The van der Waals surface area contributed by atoms with Crippen molar-refractivity contribution in [1.29, 1.82) is 0 Å². The van der Waals surface area contributed by atoms with Gasteiger partial charge in [-0.15, -0.1) is 0 Å². The number of ether oxygens (including phenoxy) is 2. The van der Waals surface area contributed by atoms with E-state index in [4.69, 9.17) is 9.47 Å². The van der Waals surface area contributed by atoms with Crippen LogP contribution in [-0.2, 0) is 4.79 Å². The second-order valence-corrected chi connectivity index (χ2v) is 8.15. The van der Waals surface area contributed by atoms with Gasteiger partial charge in [0.2, 0.25) is 5.91 Å². The summed E-state index contributed by atoms with van der Waals surface area (Å²) in [7, 11) is 1.60. The van der Waals surface area contributed by atoms with Crippen molar-refractivity contribution in [1.82, 2.24) is 5.32 Å². The lowest BCUT2D eigenvalue weighted by molar-refractivity contribution is -0.117. The van der Waals surface area contributed by atoms with Gasteiger partial charge in [0.05, 0.1) is 19.8 Å². The monoisotopic (exact) mass is 410 g/mol. The highest BCUT2D eigenvalue weighted by Gasteiger charge is 2.29. The van der Waals surface area contributed by atoms with Gasteiger partial charge in [-0.3, -0.25) is 9.59 Å². The zero-order valence-corrected chi connectivity index (χ0v) is 18.0. The normalized spacial score (nSPS) is 14.2. The van der Waals surface area contributed by atoms with Crippen molar-refractivity contribution in [2.75, 3.05) is 19.0 Å². The molecule has 0 spiro atoms. The first-order valence-electron chi connectivity index (χ1n) is 10.4. The summed E-state index contributed by atoms with van der Waals surface area (Å²) >= 11 is 0. The molecule has 0 heterocycles. The molecule has 2 aromatic carbocycles. The van der Waals surface area contributed by atoms with E-state index < -0.39 is 0 Å². The molecule has 2 aromatic rings. The number of anilines is 1. The number of carbonyl (C=O) groups is 2. The number of hydrogen-bond donors (Lipinski definition) is 2. The van der Waals surface area contributed by atoms with Gasteiger partial charge >= 0.3 is 0 Å². The summed E-state index contributed by atoms with van der Waals surface area (Å²) in [6.45, 7) is 6.70. The zero-order chi connectivity index (χ0) is 21.7. The maximum absolute atomic E-state index is 12.7. The summed E-state index contributed by atoms with van der Waals surface area (Å²) < 4.78 is 11.3. The van der Waals surface area contributed by atoms with Crippen LogP contribution in [0.2, 0.25) is 0 Å². The lowest BCUT2D eigenvalue weighted by Crippen LogP contribution is -2.26. The average Bonchev–Trinajstić information content (AvgIpc) is 3.57. The molecule has 1 aliphatic rings. The Morgan fingerprint density at radius 3 is 2.50 bits per heavy atom. The molecule has 0 aromatic heterocycles. The van der Waals surface area contributed by atoms with Gasteiger partial charge in [-0.05, 0) is 61.6 Å². The number of benzene rings is 2. The van der Waals surface area contributed by atoms with Crippen LogP contribution in [0.5, 0.6) is 11.5 Å². The van der Waals surface area contributed by atoms with Crippen LogP contribution in [0, 0.1) is 11.8 Å². The summed E-state index contributed by atoms with van der Waals surface area (Å²) in [6.07, 6.45) is 1.88. The molecule has 0 bridgehead atoms. The van der Waals surface area contributed by atoms with E-state index in [1.165, 1.54) is 0 Å². The van der Waals surface area contributed by atoms with Crippen molar-refractivity contribution in [2.24, 2.45) is 11.8 Å². The molecule has 0 aliphatic heterocycles. The summed E-state index contributed by atoms with van der Waals surface area (Å²) in [5.41, 5.74) is 2.05. The Bertz CT molecular complexity index is 906. The van der Waals surface area contributed by atoms with E-state index in [0.29, 0.717) is 35.3 Å². The maximum atomic E-state index is 12.7. The second-order valence-electron chi connectivity index (χ2n) is 8.15. The molecule has 1 saturated carbocycles. The summed E-state index contributed by atoms with van der Waals surface area (Å²) in [5, 5.41) is 5.88. The summed E-state index contributed by atoms with van der Waals surface area (Å²) in [6, 6.07) is 12.4. The zero-order valence-electron chi connectivity index (χ0n) is 18.0. The number of methoxy groups -OCH3 is 1. The van der Waals surface area contributed by atoms with Crippen LogP contribution in [0.1, 0.15) is 55.6 Å². The Morgan fingerprint density at radius 2 is 1.83 bits per heavy atom. The fourth-order valence-corrected chi connectivity index (χ4v) is 3.02. The van der Waals surface area contributed by atoms with E-state index in [1.54, 1.807) is 31.4 Å². The Hall–Kier alpha value is -3.02. The van der Waals surface area contributed by atoms with Crippen LogP contribution in [0.3, 0.4) is 0 Å². The molecule has 0 radical (unpaired) electrons. The van der Waals surface area contributed by atoms with E-state index in [2.05, 4.69) is 24.5 Å². The van der Waals surface area contributed by atoms with Crippen molar-refractivity contribution in [2.45, 2.75) is 39.7 Å². The summed E-state index contributed by atoms with van der Waals surface area (Å²) in [5.74, 6) is 1.67. The van der Waals surface area contributed by atoms with Crippen LogP contribution >= 0.6 is 0 Å². The summed E-state index contributed by atoms with van der Waals surface area (Å²) in [4.78, 5) is 24.7. The number of carbonyl (C=O) groups excluding carboxylic acids is 2. The molecule has 1 fully saturated rings. The van der Waals surface area contributed by atoms with Gasteiger partial charge in [0, 0.05) is 17.2 Å². The number of hydrogen-bond acceptors (Lipinski definition) is 4. The minimum atomic E-state index is -0.227. The molecule has 160 valence electrons. The second kappa shape index (κ2) is 9.65. The molecule has 2 N–H and O–H groups in total. The number of nitrogens with one attached hydrogen (secondary N) is 2. The Morgan fingerprint density at radius 1 is 1.07 bits per heavy atom. The van der Waals surface area contributed by atoms with E-state index in [-0.39, 0.29) is 23.8 Å². The SMILES string of the molecule is COc1cc(C(C)NC(=O)c2cccc(NC(=O)C3CC3)c2)ccc1OCC(C)C. The minimum Gasteiger partial charge on any atom is -0.493 e. The number of amides is 2. The molecule has 6 nitrogen and oxygen atoms in total. The predicted molar refractivity (Wildman–Crippen MR) is 117 cm³/mol. The molecule has 6 heteroatoms. The van der Waals surface area contributed by atoms with Crippen molar-refractivity contribution in [3.63, 3.8) is 0 Å². The van der Waals surface area contributed by atoms with Crippen molar-refractivity contribution in [3.05, 3.63) is 53.6 Å². The van der Waals surface area contributed by atoms with Gasteiger partial charge in [0.15, 0.2) is 11.5 Å². The van der Waals surface area contributed by atoms with E-state index in [1.807, 2.05) is 25.1 Å². The molecule has 2 amide bonds. The van der Waals surface area contributed by atoms with E-state index in [9.17, 15) is 9.59 Å². The Balaban J connectivity index is 1.65. The van der Waals surface area contributed by atoms with Gasteiger partial charge in [0.1, 0.15) is 0 Å². The van der Waals surface area contributed by atoms with Gasteiger partial charge in [-0.1, -0.05) is 26.0 Å². The van der Waals surface area contributed by atoms with Crippen LogP contribution in [0.25, 0.3) is 0 Å². The standard InChI is InChI=1S/C24H30N2O4/c1-15(2)14-30-21-11-10-18(13-22(21)29-4)16(3)25-24(28)19-6-5-7-20(12-19)26-23(27)17-8-9-17/h5-7,10-13,15-17H,8-9,14H2,1-4H3,(H,25,28)(H,26,27). The van der Waals surface area contributed by atoms with Crippen LogP contribution in [0.15, 0.2) is 42.5 Å². The smallest absolute Gasteiger partial charge is 0.251 e. The lowest BCUT2D eigenvalue weighted by atomic mass is 10.1. The highest BCUT2D eigenvalue weighted by Crippen LogP contribution is 2.31.